The minimum atomic E-state index is -0.944. The molecule has 0 fully saturated rings. The molecular weight excluding hydrogens is 248 g/mol. The van der Waals surface area contributed by atoms with Gasteiger partial charge in [-0.25, -0.2) is 4.79 Å². The molecule has 0 amide bonds. The van der Waals surface area contributed by atoms with Crippen molar-refractivity contribution in [2.24, 2.45) is 0 Å². The fourth-order valence-corrected chi connectivity index (χ4v) is 2.24. The number of aromatic carboxylic acids is 1. The molecule has 0 radical (unpaired) electrons. The predicted octanol–water partition coefficient (Wildman–Crippen LogP) is 4.32. The lowest BCUT2D eigenvalue weighted by Crippen LogP contribution is -1.99. The summed E-state index contributed by atoms with van der Waals surface area (Å²) in [4.78, 5) is 11.2. The van der Waals surface area contributed by atoms with Crippen molar-refractivity contribution in [3.63, 3.8) is 0 Å². The fourth-order valence-electron chi connectivity index (χ4n) is 2.07. The number of hydrogen-bond acceptors (Lipinski definition) is 1. The van der Waals surface area contributed by atoms with Crippen LogP contribution in [0, 0.1) is 13.8 Å². The quantitative estimate of drug-likeness (QED) is 0.873. The molecule has 0 saturated carbocycles. The molecule has 92 valence electrons. The summed E-state index contributed by atoms with van der Waals surface area (Å²) in [5, 5.41) is 9.75. The number of carboxylic acid groups (broad SMARTS) is 1. The molecule has 18 heavy (non-hydrogen) atoms. The SMILES string of the molecule is Cc1cc(C)cc(-c2cc(Cl)ccc2C(=O)O)c1. The lowest BCUT2D eigenvalue weighted by atomic mass is 9.96. The van der Waals surface area contributed by atoms with Crippen molar-refractivity contribution < 1.29 is 9.90 Å². The van der Waals surface area contributed by atoms with Crippen LogP contribution in [0.2, 0.25) is 5.02 Å². The van der Waals surface area contributed by atoms with Crippen molar-refractivity contribution in [1.29, 1.82) is 0 Å². The van der Waals surface area contributed by atoms with Gasteiger partial charge in [0.05, 0.1) is 5.56 Å². The van der Waals surface area contributed by atoms with Gasteiger partial charge in [-0.05, 0) is 43.2 Å². The molecular formula is C15H13ClO2. The van der Waals surface area contributed by atoms with E-state index in [4.69, 9.17) is 11.6 Å². The molecule has 2 aromatic rings. The zero-order chi connectivity index (χ0) is 13.3. The monoisotopic (exact) mass is 260 g/mol. The van der Waals surface area contributed by atoms with Crippen LogP contribution in [-0.4, -0.2) is 11.1 Å². The summed E-state index contributed by atoms with van der Waals surface area (Å²) >= 11 is 5.96. The van der Waals surface area contributed by atoms with Crippen molar-refractivity contribution >= 4 is 17.6 Å². The highest BCUT2D eigenvalue weighted by Crippen LogP contribution is 2.28. The van der Waals surface area contributed by atoms with Crippen LogP contribution in [0.3, 0.4) is 0 Å². The minimum Gasteiger partial charge on any atom is -0.478 e. The average molecular weight is 261 g/mol. The van der Waals surface area contributed by atoms with E-state index in [1.807, 2.05) is 26.0 Å². The van der Waals surface area contributed by atoms with E-state index in [0.29, 0.717) is 10.6 Å². The topological polar surface area (TPSA) is 37.3 Å². The van der Waals surface area contributed by atoms with Crippen molar-refractivity contribution in [2.75, 3.05) is 0 Å². The van der Waals surface area contributed by atoms with Crippen LogP contribution in [0.4, 0.5) is 0 Å². The Morgan fingerprint density at radius 3 is 2.22 bits per heavy atom. The van der Waals surface area contributed by atoms with Gasteiger partial charge in [-0.1, -0.05) is 40.9 Å². The molecule has 2 rings (SSSR count). The highest BCUT2D eigenvalue weighted by atomic mass is 35.5. The second-order valence-electron chi connectivity index (χ2n) is 4.37. The lowest BCUT2D eigenvalue weighted by molar-refractivity contribution is 0.0698. The number of aryl methyl sites for hydroxylation is 2. The number of halogens is 1. The van der Waals surface area contributed by atoms with Crippen molar-refractivity contribution in [3.05, 3.63) is 58.1 Å². The lowest BCUT2D eigenvalue weighted by Gasteiger charge is -2.09. The summed E-state index contributed by atoms with van der Waals surface area (Å²) < 4.78 is 0. The summed E-state index contributed by atoms with van der Waals surface area (Å²) in [7, 11) is 0. The maximum Gasteiger partial charge on any atom is 0.336 e. The van der Waals surface area contributed by atoms with Gasteiger partial charge in [0.1, 0.15) is 0 Å². The van der Waals surface area contributed by atoms with Crippen LogP contribution in [-0.2, 0) is 0 Å². The van der Waals surface area contributed by atoms with Crippen LogP contribution in [0.5, 0.6) is 0 Å². The Hall–Kier alpha value is -1.80. The van der Waals surface area contributed by atoms with Crippen LogP contribution in [0.1, 0.15) is 21.5 Å². The van der Waals surface area contributed by atoms with Crippen molar-refractivity contribution in [2.45, 2.75) is 13.8 Å². The Labute approximate surface area is 111 Å². The third-order valence-corrected chi connectivity index (χ3v) is 2.98. The van der Waals surface area contributed by atoms with Gasteiger partial charge in [-0.3, -0.25) is 0 Å². The standard InChI is InChI=1S/C15H13ClO2/c1-9-5-10(2)7-11(6-9)14-8-12(16)3-4-13(14)15(17)18/h3-8H,1-2H3,(H,17,18). The van der Waals surface area contributed by atoms with Gasteiger partial charge in [-0.2, -0.15) is 0 Å². The first-order valence-electron chi connectivity index (χ1n) is 5.59. The van der Waals surface area contributed by atoms with Gasteiger partial charge in [0.25, 0.3) is 0 Å². The molecule has 0 atom stereocenters. The normalized spacial score (nSPS) is 10.4. The summed E-state index contributed by atoms with van der Waals surface area (Å²) in [5.41, 5.74) is 4.00. The fraction of sp³-hybridized carbons (Fsp3) is 0.133. The van der Waals surface area contributed by atoms with Gasteiger partial charge < -0.3 is 5.11 Å². The Balaban J connectivity index is 2.68. The second-order valence-corrected chi connectivity index (χ2v) is 4.81. The Morgan fingerprint density at radius 1 is 1.06 bits per heavy atom. The van der Waals surface area contributed by atoms with Gasteiger partial charge >= 0.3 is 5.97 Å². The van der Waals surface area contributed by atoms with E-state index in [1.54, 1.807) is 12.1 Å². The molecule has 1 N–H and O–H groups in total. The number of carboxylic acids is 1. The molecule has 3 heteroatoms. The molecule has 2 aromatic carbocycles. The van der Waals surface area contributed by atoms with Crippen LogP contribution in [0.15, 0.2) is 36.4 Å². The molecule has 0 bridgehead atoms. The first kappa shape index (κ1) is 12.7. The van der Waals surface area contributed by atoms with E-state index in [-0.39, 0.29) is 5.56 Å². The van der Waals surface area contributed by atoms with Gasteiger partial charge in [0.15, 0.2) is 0 Å². The molecule has 2 nitrogen and oxygen atoms in total. The second kappa shape index (κ2) is 4.83. The third-order valence-electron chi connectivity index (χ3n) is 2.74. The summed E-state index contributed by atoms with van der Waals surface area (Å²) in [6, 6.07) is 10.8. The Bertz CT molecular complexity index is 598. The predicted molar refractivity (Wildman–Crippen MR) is 73.3 cm³/mol. The van der Waals surface area contributed by atoms with Crippen molar-refractivity contribution in [1.82, 2.24) is 0 Å². The molecule has 0 aliphatic heterocycles. The molecule has 0 spiro atoms. The number of rotatable bonds is 2. The molecule has 0 aromatic heterocycles. The summed E-state index contributed by atoms with van der Waals surface area (Å²) in [5.74, 6) is -0.944. The molecule has 0 aliphatic carbocycles. The maximum absolute atomic E-state index is 11.2. The van der Waals surface area contributed by atoms with Crippen LogP contribution >= 0.6 is 11.6 Å². The molecule has 0 unspecified atom stereocenters. The van der Waals surface area contributed by atoms with Gasteiger partial charge in [0.2, 0.25) is 0 Å². The maximum atomic E-state index is 11.2. The highest BCUT2D eigenvalue weighted by Gasteiger charge is 2.12. The Morgan fingerprint density at radius 2 is 1.67 bits per heavy atom. The first-order chi connectivity index (χ1) is 8.47. The number of hydrogen-bond donors (Lipinski definition) is 1. The molecule has 0 aliphatic rings. The van der Waals surface area contributed by atoms with E-state index in [2.05, 4.69) is 6.07 Å². The largest absolute Gasteiger partial charge is 0.478 e. The van der Waals surface area contributed by atoms with E-state index >= 15 is 0 Å². The number of carbonyl (C=O) groups is 1. The van der Waals surface area contributed by atoms with Crippen LogP contribution < -0.4 is 0 Å². The van der Waals surface area contributed by atoms with E-state index < -0.39 is 5.97 Å². The van der Waals surface area contributed by atoms with Crippen LogP contribution in [0.25, 0.3) is 11.1 Å². The zero-order valence-corrected chi connectivity index (χ0v) is 11.0. The first-order valence-corrected chi connectivity index (χ1v) is 5.96. The zero-order valence-electron chi connectivity index (χ0n) is 10.2. The van der Waals surface area contributed by atoms with Crippen molar-refractivity contribution in [3.8, 4) is 11.1 Å². The minimum absolute atomic E-state index is 0.268. The van der Waals surface area contributed by atoms with Gasteiger partial charge in [0, 0.05) is 5.02 Å². The highest BCUT2D eigenvalue weighted by molar-refractivity contribution is 6.31. The smallest absolute Gasteiger partial charge is 0.336 e. The molecule has 0 saturated heterocycles. The third kappa shape index (κ3) is 2.54. The summed E-state index contributed by atoms with van der Waals surface area (Å²) in [6.45, 7) is 3.98. The van der Waals surface area contributed by atoms with Gasteiger partial charge in [-0.15, -0.1) is 0 Å². The van der Waals surface area contributed by atoms with E-state index in [9.17, 15) is 9.90 Å². The number of benzene rings is 2. The Kier molecular flexibility index (Phi) is 3.39. The van der Waals surface area contributed by atoms with E-state index in [1.165, 1.54) is 6.07 Å². The molecule has 0 heterocycles. The summed E-state index contributed by atoms with van der Waals surface area (Å²) in [6.07, 6.45) is 0. The van der Waals surface area contributed by atoms with E-state index in [0.717, 1.165) is 16.7 Å². The average Bonchev–Trinajstić information content (AvgIpc) is 2.27.